The lowest BCUT2D eigenvalue weighted by molar-refractivity contribution is -0.161. The molecule has 5 heteroatoms. The Labute approximate surface area is 236 Å². The summed E-state index contributed by atoms with van der Waals surface area (Å²) < 4.78 is 10.5. The Kier molecular flexibility index (Phi) is 28.1. The summed E-state index contributed by atoms with van der Waals surface area (Å²) in [5, 5.41) is 9.48. The van der Waals surface area contributed by atoms with Gasteiger partial charge in [-0.25, -0.2) is 0 Å². The predicted octanol–water partition coefficient (Wildman–Crippen LogP) is 9.47. The maximum Gasteiger partial charge on any atom is 0.306 e. The Hall–Kier alpha value is -1.10. The summed E-state index contributed by atoms with van der Waals surface area (Å²) in [7, 11) is 0. The fraction of sp³-hybridized carbons (Fsp3) is 0.939. The van der Waals surface area contributed by atoms with Crippen molar-refractivity contribution in [1.82, 2.24) is 0 Å². The minimum Gasteiger partial charge on any atom is -0.462 e. The number of esters is 2. The molecule has 0 aromatic carbocycles. The van der Waals surface area contributed by atoms with Gasteiger partial charge < -0.3 is 14.6 Å². The number of rotatable bonds is 29. The molecule has 5 nitrogen and oxygen atoms in total. The average Bonchev–Trinajstić information content (AvgIpc) is 2.92. The van der Waals surface area contributed by atoms with E-state index in [0.717, 1.165) is 44.4 Å². The third-order valence-corrected chi connectivity index (χ3v) is 7.69. The largest absolute Gasteiger partial charge is 0.462 e. The summed E-state index contributed by atoms with van der Waals surface area (Å²) in [6.45, 7) is 6.47. The second-order valence-corrected chi connectivity index (χ2v) is 11.5. The minimum atomic E-state index is -0.760. The fourth-order valence-corrected chi connectivity index (χ4v) is 4.76. The lowest BCUT2D eigenvalue weighted by Crippen LogP contribution is -2.28. The number of aliphatic hydroxyl groups excluding tert-OH is 1. The number of hydrogen-bond acceptors (Lipinski definition) is 5. The highest BCUT2D eigenvalue weighted by atomic mass is 16.6. The van der Waals surface area contributed by atoms with E-state index in [2.05, 4.69) is 20.8 Å². The minimum absolute atomic E-state index is 0.0594. The van der Waals surface area contributed by atoms with Crippen LogP contribution >= 0.6 is 0 Å². The third-order valence-electron chi connectivity index (χ3n) is 7.69. The molecule has 2 atom stereocenters. The highest BCUT2D eigenvalue weighted by Crippen LogP contribution is 2.16. The average molecular weight is 541 g/mol. The van der Waals surface area contributed by atoms with Gasteiger partial charge in [-0.3, -0.25) is 9.59 Å². The van der Waals surface area contributed by atoms with Gasteiger partial charge in [0.05, 0.1) is 6.61 Å². The van der Waals surface area contributed by atoms with Crippen LogP contribution in [0.2, 0.25) is 0 Å². The number of hydrogen-bond donors (Lipinski definition) is 1. The molecule has 1 N–H and O–H groups in total. The van der Waals surface area contributed by atoms with Crippen LogP contribution in [0.25, 0.3) is 0 Å². The van der Waals surface area contributed by atoms with Crippen LogP contribution in [0.15, 0.2) is 0 Å². The molecule has 0 fully saturated rings. The van der Waals surface area contributed by atoms with E-state index < -0.39 is 6.10 Å². The summed E-state index contributed by atoms with van der Waals surface area (Å²) in [5.41, 5.74) is 0. The van der Waals surface area contributed by atoms with E-state index in [1.807, 2.05) is 0 Å². The van der Waals surface area contributed by atoms with Gasteiger partial charge in [-0.1, -0.05) is 149 Å². The van der Waals surface area contributed by atoms with Crippen molar-refractivity contribution in [3.05, 3.63) is 0 Å². The SMILES string of the molecule is CCCCCCCCCCCCCCC(=O)O[C@@H](CO)COC(=O)CCCCCCCCCCC(C)CC. The molecule has 0 radical (unpaired) electrons. The number of carbonyl (C=O) groups is 2. The van der Waals surface area contributed by atoms with E-state index in [9.17, 15) is 14.7 Å². The maximum absolute atomic E-state index is 12.1. The summed E-state index contributed by atoms with van der Waals surface area (Å²) in [4.78, 5) is 24.1. The summed E-state index contributed by atoms with van der Waals surface area (Å²) in [5.74, 6) is 0.274. The van der Waals surface area contributed by atoms with Gasteiger partial charge in [0.2, 0.25) is 0 Å². The molecular weight excluding hydrogens is 476 g/mol. The van der Waals surface area contributed by atoms with E-state index in [1.54, 1.807) is 0 Å². The van der Waals surface area contributed by atoms with Gasteiger partial charge in [-0.15, -0.1) is 0 Å². The Bertz CT molecular complexity index is 522. The number of ether oxygens (including phenoxy) is 2. The van der Waals surface area contributed by atoms with Crippen molar-refractivity contribution < 1.29 is 24.2 Å². The second kappa shape index (κ2) is 28.9. The molecule has 38 heavy (non-hydrogen) atoms. The molecule has 0 saturated heterocycles. The van der Waals surface area contributed by atoms with Gasteiger partial charge >= 0.3 is 11.9 Å². The standard InChI is InChI=1S/C33H64O5/c1-4-6-7-8-9-10-11-12-13-18-21-24-27-33(36)38-31(28-34)29-37-32(35)26-23-20-17-15-14-16-19-22-25-30(3)5-2/h30-31,34H,4-29H2,1-3H3/t30?,31-/m0/s1. The van der Waals surface area contributed by atoms with Crippen molar-refractivity contribution in [2.75, 3.05) is 13.2 Å². The Morgan fingerprint density at radius 1 is 0.605 bits per heavy atom. The highest BCUT2D eigenvalue weighted by Gasteiger charge is 2.16. The molecule has 0 aliphatic heterocycles. The maximum atomic E-state index is 12.1. The number of unbranched alkanes of at least 4 members (excludes halogenated alkanes) is 18. The molecular formula is C33H64O5. The topological polar surface area (TPSA) is 72.8 Å². The van der Waals surface area contributed by atoms with Crippen LogP contribution in [0.3, 0.4) is 0 Å². The smallest absolute Gasteiger partial charge is 0.306 e. The van der Waals surface area contributed by atoms with Gasteiger partial charge in [0.1, 0.15) is 6.61 Å². The van der Waals surface area contributed by atoms with E-state index in [1.165, 1.54) is 103 Å². The Morgan fingerprint density at radius 2 is 1.03 bits per heavy atom. The van der Waals surface area contributed by atoms with Crippen LogP contribution in [-0.2, 0) is 19.1 Å². The quantitative estimate of drug-likeness (QED) is 0.0755. The van der Waals surface area contributed by atoms with E-state index in [-0.39, 0.29) is 25.2 Å². The Balaban J connectivity index is 3.57. The van der Waals surface area contributed by atoms with Crippen LogP contribution in [0, 0.1) is 5.92 Å². The lowest BCUT2D eigenvalue weighted by atomic mass is 9.99. The second-order valence-electron chi connectivity index (χ2n) is 11.5. The molecule has 1 unspecified atom stereocenters. The van der Waals surface area contributed by atoms with Gasteiger partial charge in [-0.05, 0) is 18.8 Å². The molecule has 0 aromatic rings. The zero-order valence-electron chi connectivity index (χ0n) is 25.6. The molecule has 0 heterocycles. The third kappa shape index (κ3) is 26.5. The van der Waals surface area contributed by atoms with Crippen molar-refractivity contribution in [2.45, 2.75) is 181 Å². The summed E-state index contributed by atoms with van der Waals surface area (Å²) >= 11 is 0. The van der Waals surface area contributed by atoms with Crippen molar-refractivity contribution >= 4 is 11.9 Å². The van der Waals surface area contributed by atoms with Crippen LogP contribution < -0.4 is 0 Å². The molecule has 0 aromatic heterocycles. The summed E-state index contributed by atoms with van der Waals surface area (Å²) in [6, 6.07) is 0. The van der Waals surface area contributed by atoms with Crippen molar-refractivity contribution in [1.29, 1.82) is 0 Å². The fourth-order valence-electron chi connectivity index (χ4n) is 4.76. The normalized spacial score (nSPS) is 12.8. The first kappa shape index (κ1) is 36.9. The van der Waals surface area contributed by atoms with Crippen LogP contribution in [-0.4, -0.2) is 36.4 Å². The molecule has 0 amide bonds. The molecule has 0 aliphatic rings. The molecule has 0 aliphatic carbocycles. The molecule has 226 valence electrons. The van der Waals surface area contributed by atoms with Crippen LogP contribution in [0.4, 0.5) is 0 Å². The predicted molar refractivity (Wildman–Crippen MR) is 159 cm³/mol. The van der Waals surface area contributed by atoms with Crippen molar-refractivity contribution in [3.63, 3.8) is 0 Å². The monoisotopic (exact) mass is 540 g/mol. The zero-order chi connectivity index (χ0) is 28.1. The lowest BCUT2D eigenvalue weighted by Gasteiger charge is -2.15. The first-order valence-corrected chi connectivity index (χ1v) is 16.5. The van der Waals surface area contributed by atoms with E-state index in [0.29, 0.717) is 12.8 Å². The molecule has 0 saturated carbocycles. The molecule has 0 bridgehead atoms. The molecule has 0 rings (SSSR count). The van der Waals surface area contributed by atoms with Crippen molar-refractivity contribution in [3.8, 4) is 0 Å². The first-order chi connectivity index (χ1) is 18.5. The van der Waals surface area contributed by atoms with Crippen molar-refractivity contribution in [2.24, 2.45) is 5.92 Å². The van der Waals surface area contributed by atoms with Gasteiger partial charge in [0, 0.05) is 12.8 Å². The highest BCUT2D eigenvalue weighted by molar-refractivity contribution is 5.70. The van der Waals surface area contributed by atoms with Gasteiger partial charge in [0.25, 0.3) is 0 Å². The zero-order valence-corrected chi connectivity index (χ0v) is 25.6. The Morgan fingerprint density at radius 3 is 1.47 bits per heavy atom. The van der Waals surface area contributed by atoms with Crippen LogP contribution in [0.5, 0.6) is 0 Å². The van der Waals surface area contributed by atoms with Crippen LogP contribution in [0.1, 0.15) is 175 Å². The van der Waals surface area contributed by atoms with Gasteiger partial charge in [0.15, 0.2) is 6.10 Å². The number of carbonyl (C=O) groups excluding carboxylic acids is 2. The molecule has 0 spiro atoms. The van der Waals surface area contributed by atoms with Gasteiger partial charge in [-0.2, -0.15) is 0 Å². The number of aliphatic hydroxyl groups is 1. The first-order valence-electron chi connectivity index (χ1n) is 16.5. The van der Waals surface area contributed by atoms with E-state index in [4.69, 9.17) is 9.47 Å². The summed E-state index contributed by atoms with van der Waals surface area (Å²) in [6.07, 6.45) is 27.2. The van der Waals surface area contributed by atoms with E-state index >= 15 is 0 Å².